The number of fused-ring (bicyclic) bond motifs is 2. The predicted molar refractivity (Wildman–Crippen MR) is 107 cm³/mol. The maximum absolute atomic E-state index is 12.6. The topological polar surface area (TPSA) is 75.2 Å². The van der Waals surface area contributed by atoms with Crippen LogP contribution >= 0.6 is 11.7 Å². The van der Waals surface area contributed by atoms with Crippen LogP contribution in [-0.4, -0.2) is 27.1 Å². The van der Waals surface area contributed by atoms with Crippen molar-refractivity contribution in [1.82, 2.24) is 8.75 Å². The summed E-state index contributed by atoms with van der Waals surface area (Å²) in [5.41, 5.74) is 4.75. The van der Waals surface area contributed by atoms with Crippen molar-refractivity contribution in [2.24, 2.45) is 5.92 Å². The van der Waals surface area contributed by atoms with E-state index in [0.717, 1.165) is 47.9 Å². The van der Waals surface area contributed by atoms with Gasteiger partial charge in [0.15, 0.2) is 0 Å². The molecule has 1 N–H and O–H groups in total. The number of carbonyl (C=O) groups is 2. The molecule has 0 aliphatic carbocycles. The van der Waals surface area contributed by atoms with Crippen molar-refractivity contribution >= 4 is 46.0 Å². The van der Waals surface area contributed by atoms with Crippen molar-refractivity contribution in [3.05, 3.63) is 47.5 Å². The van der Waals surface area contributed by atoms with Crippen molar-refractivity contribution in [3.63, 3.8) is 0 Å². The fraction of sp³-hybridized carbons (Fsp3) is 0.300. The zero-order valence-electron chi connectivity index (χ0n) is 15.2. The predicted octanol–water partition coefficient (Wildman–Crippen LogP) is 3.88. The summed E-state index contributed by atoms with van der Waals surface area (Å²) in [6, 6.07) is 11.1. The molecule has 4 rings (SSSR count). The minimum atomic E-state index is -0.206. The highest BCUT2D eigenvalue weighted by Crippen LogP contribution is 2.31. The molecular weight excluding hydrogens is 360 g/mol. The van der Waals surface area contributed by atoms with Crippen LogP contribution in [0.1, 0.15) is 36.2 Å². The number of anilines is 2. The molecule has 0 saturated heterocycles. The van der Waals surface area contributed by atoms with Crippen molar-refractivity contribution in [2.75, 3.05) is 16.8 Å². The second kappa shape index (κ2) is 7.08. The Bertz CT molecular complexity index is 1030. The molecule has 0 saturated carbocycles. The standard InChI is InChI=1S/C20H20N4O2S/c1-12(2)20(26)24-9-3-4-13-5-7-15(11-18(13)24)21-19(25)14-6-8-16-17(10-14)23-27-22-16/h5-8,10-12H,3-4,9H2,1-2H3,(H,21,25). The molecule has 0 atom stereocenters. The number of nitrogens with zero attached hydrogens (tertiary/aromatic N) is 3. The summed E-state index contributed by atoms with van der Waals surface area (Å²) in [7, 11) is 0. The number of nitrogens with one attached hydrogen (secondary N) is 1. The summed E-state index contributed by atoms with van der Waals surface area (Å²) >= 11 is 1.13. The Labute approximate surface area is 161 Å². The number of amides is 2. The highest BCUT2D eigenvalue weighted by molar-refractivity contribution is 7.00. The van der Waals surface area contributed by atoms with E-state index in [1.54, 1.807) is 18.2 Å². The number of carbonyl (C=O) groups excluding carboxylic acids is 2. The van der Waals surface area contributed by atoms with Gasteiger partial charge in [0, 0.05) is 29.4 Å². The van der Waals surface area contributed by atoms with Gasteiger partial charge >= 0.3 is 0 Å². The van der Waals surface area contributed by atoms with Gasteiger partial charge in [0.2, 0.25) is 5.91 Å². The van der Waals surface area contributed by atoms with Crippen molar-refractivity contribution in [3.8, 4) is 0 Å². The Morgan fingerprint density at radius 1 is 1.11 bits per heavy atom. The molecule has 6 nitrogen and oxygen atoms in total. The molecule has 1 aliphatic heterocycles. The van der Waals surface area contributed by atoms with E-state index in [4.69, 9.17) is 0 Å². The lowest BCUT2D eigenvalue weighted by atomic mass is 9.99. The molecule has 0 radical (unpaired) electrons. The highest BCUT2D eigenvalue weighted by Gasteiger charge is 2.24. The average Bonchev–Trinajstić information content (AvgIpc) is 3.14. The van der Waals surface area contributed by atoms with Crippen LogP contribution in [0.25, 0.3) is 11.0 Å². The summed E-state index contributed by atoms with van der Waals surface area (Å²) in [4.78, 5) is 27.0. The first-order valence-electron chi connectivity index (χ1n) is 9.01. The van der Waals surface area contributed by atoms with Crippen molar-refractivity contribution < 1.29 is 9.59 Å². The molecular formula is C20H20N4O2S. The lowest BCUT2D eigenvalue weighted by Crippen LogP contribution is -2.38. The van der Waals surface area contributed by atoms with E-state index in [1.165, 1.54) is 0 Å². The van der Waals surface area contributed by atoms with Gasteiger partial charge in [-0.15, -0.1) is 0 Å². The first-order chi connectivity index (χ1) is 13.0. The first-order valence-corrected chi connectivity index (χ1v) is 9.74. The summed E-state index contributed by atoms with van der Waals surface area (Å²) in [6.07, 6.45) is 1.90. The minimum Gasteiger partial charge on any atom is -0.322 e. The van der Waals surface area contributed by atoms with Crippen LogP contribution in [0.3, 0.4) is 0 Å². The molecule has 1 aliphatic rings. The largest absolute Gasteiger partial charge is 0.322 e. The van der Waals surface area contributed by atoms with Gasteiger partial charge in [-0.1, -0.05) is 19.9 Å². The molecule has 3 aromatic rings. The molecule has 138 valence electrons. The Morgan fingerprint density at radius 3 is 2.74 bits per heavy atom. The molecule has 2 amide bonds. The van der Waals surface area contributed by atoms with Crippen molar-refractivity contribution in [2.45, 2.75) is 26.7 Å². The number of hydrogen-bond donors (Lipinski definition) is 1. The van der Waals surface area contributed by atoms with Gasteiger partial charge in [0.05, 0.1) is 11.7 Å². The quantitative estimate of drug-likeness (QED) is 0.748. The summed E-state index contributed by atoms with van der Waals surface area (Å²) in [6.45, 7) is 4.53. The average molecular weight is 380 g/mol. The SMILES string of the molecule is CC(C)C(=O)N1CCCc2ccc(NC(=O)c3ccc4nsnc4c3)cc21. The molecule has 2 heterocycles. The van der Waals surface area contributed by atoms with Gasteiger partial charge in [-0.2, -0.15) is 8.75 Å². The van der Waals surface area contributed by atoms with Gasteiger partial charge in [-0.05, 0) is 48.7 Å². The molecule has 7 heteroatoms. The van der Waals surface area contributed by atoms with Crippen LogP contribution in [0.4, 0.5) is 11.4 Å². The molecule has 27 heavy (non-hydrogen) atoms. The Balaban J connectivity index is 1.60. The summed E-state index contributed by atoms with van der Waals surface area (Å²) in [5, 5.41) is 2.93. The molecule has 0 fully saturated rings. The number of aryl methyl sites for hydroxylation is 1. The van der Waals surface area contributed by atoms with Crippen molar-refractivity contribution in [1.29, 1.82) is 0 Å². The summed E-state index contributed by atoms with van der Waals surface area (Å²) in [5.74, 6) is -0.157. The van der Waals surface area contributed by atoms with E-state index in [1.807, 2.05) is 36.9 Å². The molecule has 0 unspecified atom stereocenters. The van der Waals surface area contributed by atoms with Gasteiger partial charge in [-0.25, -0.2) is 0 Å². The van der Waals surface area contributed by atoms with E-state index in [0.29, 0.717) is 16.8 Å². The van der Waals surface area contributed by atoms with Gasteiger partial charge < -0.3 is 10.2 Å². The number of aromatic nitrogens is 2. The molecule has 0 bridgehead atoms. The highest BCUT2D eigenvalue weighted by atomic mass is 32.1. The normalized spacial score (nSPS) is 13.7. The maximum atomic E-state index is 12.6. The number of rotatable bonds is 3. The van der Waals surface area contributed by atoms with Crippen LogP contribution < -0.4 is 10.2 Å². The van der Waals surface area contributed by atoms with E-state index >= 15 is 0 Å². The van der Waals surface area contributed by atoms with Crippen LogP contribution in [-0.2, 0) is 11.2 Å². The maximum Gasteiger partial charge on any atom is 0.255 e. The Kier molecular flexibility index (Phi) is 4.61. The summed E-state index contributed by atoms with van der Waals surface area (Å²) < 4.78 is 8.33. The van der Waals surface area contributed by atoms with E-state index < -0.39 is 0 Å². The molecule has 1 aromatic heterocycles. The number of hydrogen-bond acceptors (Lipinski definition) is 5. The molecule has 0 spiro atoms. The second-order valence-electron chi connectivity index (χ2n) is 7.01. The van der Waals surface area contributed by atoms with Gasteiger partial charge in [0.1, 0.15) is 11.0 Å². The van der Waals surface area contributed by atoms with E-state index in [9.17, 15) is 9.59 Å². The van der Waals surface area contributed by atoms with Crippen LogP contribution in [0.5, 0.6) is 0 Å². The third-order valence-electron chi connectivity index (χ3n) is 4.74. The Hall–Kier alpha value is -2.80. The first kappa shape index (κ1) is 17.6. The van der Waals surface area contributed by atoms with Crippen LogP contribution in [0.2, 0.25) is 0 Å². The third kappa shape index (κ3) is 3.42. The Morgan fingerprint density at radius 2 is 1.93 bits per heavy atom. The van der Waals surface area contributed by atoms with E-state index in [2.05, 4.69) is 14.1 Å². The lowest BCUT2D eigenvalue weighted by molar-refractivity contribution is -0.121. The number of benzene rings is 2. The monoisotopic (exact) mass is 380 g/mol. The zero-order chi connectivity index (χ0) is 19.0. The smallest absolute Gasteiger partial charge is 0.255 e. The fourth-order valence-electron chi connectivity index (χ4n) is 3.32. The molecule has 2 aromatic carbocycles. The fourth-order valence-corrected chi connectivity index (χ4v) is 3.84. The van der Waals surface area contributed by atoms with Gasteiger partial charge in [0.25, 0.3) is 5.91 Å². The lowest BCUT2D eigenvalue weighted by Gasteiger charge is -2.31. The second-order valence-corrected chi connectivity index (χ2v) is 7.54. The third-order valence-corrected chi connectivity index (χ3v) is 5.29. The zero-order valence-corrected chi connectivity index (χ0v) is 16.0. The van der Waals surface area contributed by atoms with Gasteiger partial charge in [-0.3, -0.25) is 9.59 Å². The van der Waals surface area contributed by atoms with Crippen LogP contribution in [0, 0.1) is 5.92 Å². The van der Waals surface area contributed by atoms with E-state index in [-0.39, 0.29) is 17.7 Å². The minimum absolute atomic E-state index is 0.0624. The van der Waals surface area contributed by atoms with Crippen LogP contribution in [0.15, 0.2) is 36.4 Å².